The summed E-state index contributed by atoms with van der Waals surface area (Å²) < 4.78 is 10.6. The van der Waals surface area contributed by atoms with Crippen molar-refractivity contribution in [2.75, 3.05) is 13.2 Å². The van der Waals surface area contributed by atoms with E-state index in [1.54, 1.807) is 0 Å². The van der Waals surface area contributed by atoms with Crippen molar-refractivity contribution in [2.24, 2.45) is 11.8 Å². The van der Waals surface area contributed by atoms with Gasteiger partial charge in [0.1, 0.15) is 0 Å². The Kier molecular flexibility index (Phi) is 14.2. The third-order valence-corrected chi connectivity index (χ3v) is 4.66. The average Bonchev–Trinajstić information content (AvgIpc) is 2.61. The summed E-state index contributed by atoms with van der Waals surface area (Å²) in [4.78, 5) is 23.9. The maximum Gasteiger partial charge on any atom is 0.333 e. The average molecular weight is 355 g/mol. The zero-order valence-corrected chi connectivity index (χ0v) is 16.8. The second kappa shape index (κ2) is 15.0. The molecule has 0 saturated heterocycles. The third kappa shape index (κ3) is 11.8. The predicted molar refractivity (Wildman–Crippen MR) is 102 cm³/mol. The molecule has 0 saturated carbocycles. The monoisotopic (exact) mass is 354 g/mol. The number of unbranched alkanes of at least 4 members (excludes halogenated alkanes) is 2. The number of carbonyl (C=O) groups excluding carboxylic acids is 2. The molecule has 0 aliphatic carbocycles. The largest absolute Gasteiger partial charge is 0.465 e. The lowest BCUT2D eigenvalue weighted by Crippen LogP contribution is -2.18. The lowest BCUT2D eigenvalue weighted by atomic mass is 10.0. The van der Waals surface area contributed by atoms with Crippen molar-refractivity contribution < 1.29 is 19.1 Å². The van der Waals surface area contributed by atoms with Gasteiger partial charge in [0.25, 0.3) is 0 Å². The van der Waals surface area contributed by atoms with Gasteiger partial charge in [0.15, 0.2) is 0 Å². The van der Waals surface area contributed by atoms with Gasteiger partial charge in [0.2, 0.25) is 0 Å². The van der Waals surface area contributed by atoms with Crippen LogP contribution in [-0.4, -0.2) is 25.2 Å². The van der Waals surface area contributed by atoms with Crippen LogP contribution >= 0.6 is 0 Å². The molecule has 2 atom stereocenters. The standard InChI is InChI=1S/C21H38O4/c1-6-10-12-18(8-3)15-24-20(22)14-17(5)21(23)25-16-19(9-4)13-11-7-2/h18-19H,5-16H2,1-4H3/t18-,19-/m0/s1. The molecule has 0 heterocycles. The predicted octanol–water partition coefficient (Wildman–Crippen LogP) is 5.45. The summed E-state index contributed by atoms with van der Waals surface area (Å²) in [6.45, 7) is 13.0. The van der Waals surface area contributed by atoms with E-state index in [0.717, 1.165) is 51.4 Å². The Balaban J connectivity index is 4.12. The number of hydrogen-bond donors (Lipinski definition) is 0. The summed E-state index contributed by atoms with van der Waals surface area (Å²) >= 11 is 0. The molecule has 0 N–H and O–H groups in total. The molecule has 4 heteroatoms. The third-order valence-electron chi connectivity index (χ3n) is 4.66. The van der Waals surface area contributed by atoms with E-state index in [2.05, 4.69) is 34.3 Å². The zero-order valence-electron chi connectivity index (χ0n) is 16.8. The topological polar surface area (TPSA) is 52.6 Å². The van der Waals surface area contributed by atoms with Crippen LogP contribution in [0.2, 0.25) is 0 Å². The van der Waals surface area contributed by atoms with Crippen molar-refractivity contribution in [1.82, 2.24) is 0 Å². The van der Waals surface area contributed by atoms with Crippen LogP contribution in [0.1, 0.15) is 85.5 Å². The second-order valence-electron chi connectivity index (χ2n) is 6.89. The van der Waals surface area contributed by atoms with E-state index in [9.17, 15) is 9.59 Å². The number of esters is 2. The maximum atomic E-state index is 12.0. The van der Waals surface area contributed by atoms with Crippen LogP contribution in [0.3, 0.4) is 0 Å². The van der Waals surface area contributed by atoms with Crippen molar-refractivity contribution in [1.29, 1.82) is 0 Å². The first-order valence-electron chi connectivity index (χ1n) is 9.98. The van der Waals surface area contributed by atoms with Crippen molar-refractivity contribution in [3.63, 3.8) is 0 Å². The normalized spacial score (nSPS) is 13.1. The lowest BCUT2D eigenvalue weighted by Gasteiger charge is -2.16. The quantitative estimate of drug-likeness (QED) is 0.290. The Morgan fingerprint density at radius 3 is 1.76 bits per heavy atom. The fraction of sp³-hybridized carbons (Fsp3) is 0.810. The first-order chi connectivity index (χ1) is 12.0. The van der Waals surface area contributed by atoms with Gasteiger partial charge in [-0.05, 0) is 24.7 Å². The summed E-state index contributed by atoms with van der Waals surface area (Å²) in [5.74, 6) is -0.0969. The van der Waals surface area contributed by atoms with Gasteiger partial charge >= 0.3 is 11.9 Å². The minimum absolute atomic E-state index is 0.0885. The Morgan fingerprint density at radius 1 is 0.840 bits per heavy atom. The zero-order chi connectivity index (χ0) is 19.1. The molecule has 0 aromatic rings. The minimum atomic E-state index is -0.482. The minimum Gasteiger partial charge on any atom is -0.465 e. The fourth-order valence-electron chi connectivity index (χ4n) is 2.60. The van der Waals surface area contributed by atoms with Crippen molar-refractivity contribution in [2.45, 2.75) is 85.5 Å². The van der Waals surface area contributed by atoms with Crippen molar-refractivity contribution in [3.8, 4) is 0 Å². The fourth-order valence-corrected chi connectivity index (χ4v) is 2.60. The van der Waals surface area contributed by atoms with Crippen molar-refractivity contribution >= 4 is 11.9 Å². The highest BCUT2D eigenvalue weighted by molar-refractivity contribution is 5.93. The Morgan fingerprint density at radius 2 is 1.32 bits per heavy atom. The molecular weight excluding hydrogens is 316 g/mol. The molecule has 0 fully saturated rings. The van der Waals surface area contributed by atoms with Crippen LogP contribution < -0.4 is 0 Å². The molecule has 0 amide bonds. The molecule has 0 rings (SSSR count). The Labute approximate surface area is 154 Å². The van der Waals surface area contributed by atoms with Crippen LogP contribution in [0.25, 0.3) is 0 Å². The Hall–Kier alpha value is -1.32. The van der Waals surface area contributed by atoms with E-state index in [-0.39, 0.29) is 12.0 Å². The maximum absolute atomic E-state index is 12.0. The van der Waals surface area contributed by atoms with Gasteiger partial charge < -0.3 is 9.47 Å². The first-order valence-corrected chi connectivity index (χ1v) is 9.98. The smallest absolute Gasteiger partial charge is 0.333 e. The highest BCUT2D eigenvalue weighted by Crippen LogP contribution is 2.15. The molecule has 4 nitrogen and oxygen atoms in total. The van der Waals surface area contributed by atoms with E-state index in [0.29, 0.717) is 25.0 Å². The SMILES string of the molecule is C=C(CC(=O)OC[C@@H](CC)CCCC)C(=O)OC[C@@H](CC)CCCC. The molecular formula is C21H38O4. The molecule has 25 heavy (non-hydrogen) atoms. The van der Waals surface area contributed by atoms with Gasteiger partial charge in [-0.15, -0.1) is 0 Å². The summed E-state index contributed by atoms with van der Waals surface area (Å²) in [5, 5.41) is 0. The highest BCUT2D eigenvalue weighted by atomic mass is 16.5. The lowest BCUT2D eigenvalue weighted by molar-refractivity contribution is -0.147. The van der Waals surface area contributed by atoms with Gasteiger partial charge in [0, 0.05) is 5.57 Å². The van der Waals surface area contributed by atoms with Crippen LogP contribution in [0, 0.1) is 11.8 Å². The molecule has 146 valence electrons. The van der Waals surface area contributed by atoms with Crippen LogP contribution in [0.15, 0.2) is 12.2 Å². The molecule has 0 aliphatic heterocycles. The Bertz CT molecular complexity index is 389. The van der Waals surface area contributed by atoms with Gasteiger partial charge in [-0.2, -0.15) is 0 Å². The van der Waals surface area contributed by atoms with Crippen LogP contribution in [0.5, 0.6) is 0 Å². The molecule has 0 radical (unpaired) electrons. The summed E-state index contributed by atoms with van der Waals surface area (Å²) in [6.07, 6.45) is 8.58. The van der Waals surface area contributed by atoms with E-state index in [4.69, 9.17) is 9.47 Å². The van der Waals surface area contributed by atoms with E-state index in [1.165, 1.54) is 0 Å². The first kappa shape index (κ1) is 23.7. The number of carbonyl (C=O) groups is 2. The summed E-state index contributed by atoms with van der Waals surface area (Å²) in [5.41, 5.74) is 0.178. The number of hydrogen-bond acceptors (Lipinski definition) is 4. The highest BCUT2D eigenvalue weighted by Gasteiger charge is 2.17. The number of rotatable bonds is 15. The van der Waals surface area contributed by atoms with Gasteiger partial charge in [0.05, 0.1) is 19.6 Å². The summed E-state index contributed by atoms with van der Waals surface area (Å²) in [6, 6.07) is 0. The molecule has 0 unspecified atom stereocenters. The van der Waals surface area contributed by atoms with E-state index in [1.807, 2.05) is 0 Å². The van der Waals surface area contributed by atoms with Crippen LogP contribution in [0.4, 0.5) is 0 Å². The number of ether oxygens (including phenoxy) is 2. The van der Waals surface area contributed by atoms with Crippen molar-refractivity contribution in [3.05, 3.63) is 12.2 Å². The van der Waals surface area contributed by atoms with Crippen LogP contribution in [-0.2, 0) is 19.1 Å². The van der Waals surface area contributed by atoms with E-state index < -0.39 is 11.9 Å². The molecule has 0 spiro atoms. The van der Waals surface area contributed by atoms with Gasteiger partial charge in [-0.25, -0.2) is 4.79 Å². The van der Waals surface area contributed by atoms with Gasteiger partial charge in [-0.3, -0.25) is 4.79 Å². The molecule has 0 aliphatic rings. The molecule has 0 bridgehead atoms. The van der Waals surface area contributed by atoms with E-state index >= 15 is 0 Å². The second-order valence-corrected chi connectivity index (χ2v) is 6.89. The molecule has 0 aromatic carbocycles. The summed E-state index contributed by atoms with van der Waals surface area (Å²) in [7, 11) is 0. The molecule has 0 aromatic heterocycles. The van der Waals surface area contributed by atoms with Gasteiger partial charge in [-0.1, -0.05) is 72.8 Å².